The number of benzene rings is 1. The van der Waals surface area contributed by atoms with Crippen molar-refractivity contribution in [3.8, 4) is 0 Å². The van der Waals surface area contributed by atoms with Crippen molar-refractivity contribution in [1.82, 2.24) is 10.2 Å². The molecule has 2 unspecified atom stereocenters. The van der Waals surface area contributed by atoms with Gasteiger partial charge in [0.2, 0.25) is 5.91 Å². The van der Waals surface area contributed by atoms with Crippen LogP contribution in [0.3, 0.4) is 0 Å². The first kappa shape index (κ1) is 13.6. The number of hydrogen-bond donors (Lipinski definition) is 1. The summed E-state index contributed by atoms with van der Waals surface area (Å²) in [5.41, 5.74) is 2.63. The molecule has 0 spiro atoms. The molecule has 3 heteroatoms. The third-order valence-corrected chi connectivity index (χ3v) is 4.83. The molecule has 3 rings (SSSR count). The Kier molecular flexibility index (Phi) is 4.06. The Bertz CT molecular complexity index is 480. The van der Waals surface area contributed by atoms with Crippen molar-refractivity contribution in [2.24, 2.45) is 0 Å². The summed E-state index contributed by atoms with van der Waals surface area (Å²) in [5, 5.41) is 3.40. The summed E-state index contributed by atoms with van der Waals surface area (Å²) < 4.78 is 0. The van der Waals surface area contributed by atoms with Crippen molar-refractivity contribution in [3.05, 3.63) is 35.4 Å². The fourth-order valence-corrected chi connectivity index (χ4v) is 3.60. The number of fused-ring (bicyclic) bond motifs is 1. The molecule has 1 heterocycles. The van der Waals surface area contributed by atoms with Gasteiger partial charge in [0.05, 0.1) is 5.92 Å². The molecule has 108 valence electrons. The van der Waals surface area contributed by atoms with Crippen LogP contribution < -0.4 is 5.32 Å². The second-order valence-electron chi connectivity index (χ2n) is 6.09. The molecule has 1 aromatic rings. The number of carbonyl (C=O) groups excluding carboxylic acids is 1. The van der Waals surface area contributed by atoms with Gasteiger partial charge in [0.1, 0.15) is 0 Å². The van der Waals surface area contributed by atoms with Crippen LogP contribution >= 0.6 is 0 Å². The number of aryl methyl sites for hydroxylation is 1. The second-order valence-corrected chi connectivity index (χ2v) is 6.09. The monoisotopic (exact) mass is 272 g/mol. The van der Waals surface area contributed by atoms with Gasteiger partial charge in [-0.3, -0.25) is 4.79 Å². The molecule has 1 saturated heterocycles. The van der Waals surface area contributed by atoms with Crippen LogP contribution in [-0.4, -0.2) is 37.0 Å². The van der Waals surface area contributed by atoms with Gasteiger partial charge in [-0.2, -0.15) is 0 Å². The molecule has 1 aliphatic carbocycles. The number of rotatable bonds is 2. The lowest BCUT2D eigenvalue weighted by atomic mass is 9.82. The lowest BCUT2D eigenvalue weighted by molar-refractivity contribution is -0.134. The summed E-state index contributed by atoms with van der Waals surface area (Å²) in [6, 6.07) is 8.83. The van der Waals surface area contributed by atoms with E-state index in [4.69, 9.17) is 0 Å². The van der Waals surface area contributed by atoms with Crippen LogP contribution in [0.5, 0.6) is 0 Å². The molecule has 0 bridgehead atoms. The highest BCUT2D eigenvalue weighted by Gasteiger charge is 2.31. The minimum Gasteiger partial charge on any atom is -0.341 e. The second kappa shape index (κ2) is 5.96. The molecule has 0 aromatic heterocycles. The lowest BCUT2D eigenvalue weighted by Gasteiger charge is -2.35. The Morgan fingerprint density at radius 2 is 2.10 bits per heavy atom. The Morgan fingerprint density at radius 1 is 1.25 bits per heavy atom. The number of nitrogens with zero attached hydrogens (tertiary/aromatic N) is 1. The van der Waals surface area contributed by atoms with Gasteiger partial charge in [-0.25, -0.2) is 0 Å². The highest BCUT2D eigenvalue weighted by molar-refractivity contribution is 5.84. The molecular formula is C17H24N2O. The maximum Gasteiger partial charge on any atom is 0.230 e. The topological polar surface area (TPSA) is 32.3 Å². The first-order valence-corrected chi connectivity index (χ1v) is 7.82. The van der Waals surface area contributed by atoms with Crippen LogP contribution in [-0.2, 0) is 11.2 Å². The molecule has 3 nitrogen and oxygen atoms in total. The number of nitrogens with one attached hydrogen (secondary N) is 1. The minimum atomic E-state index is 0.0758. The van der Waals surface area contributed by atoms with Crippen LogP contribution in [0.2, 0.25) is 0 Å². The van der Waals surface area contributed by atoms with Crippen molar-refractivity contribution in [1.29, 1.82) is 0 Å². The number of piperidine rings is 1. The van der Waals surface area contributed by atoms with Crippen LogP contribution in [0.15, 0.2) is 24.3 Å². The molecule has 1 amide bonds. The molecule has 1 aromatic carbocycles. The third-order valence-electron chi connectivity index (χ3n) is 4.83. The highest BCUT2D eigenvalue weighted by atomic mass is 16.2. The smallest absolute Gasteiger partial charge is 0.230 e. The van der Waals surface area contributed by atoms with E-state index in [9.17, 15) is 4.79 Å². The van der Waals surface area contributed by atoms with Crippen molar-refractivity contribution in [3.63, 3.8) is 0 Å². The van der Waals surface area contributed by atoms with Gasteiger partial charge in [-0.15, -0.1) is 0 Å². The van der Waals surface area contributed by atoms with Crippen LogP contribution in [0.1, 0.15) is 42.7 Å². The van der Waals surface area contributed by atoms with Crippen LogP contribution in [0.4, 0.5) is 0 Å². The molecule has 1 aliphatic heterocycles. The van der Waals surface area contributed by atoms with Gasteiger partial charge in [-0.1, -0.05) is 24.3 Å². The maximum atomic E-state index is 12.9. The zero-order valence-corrected chi connectivity index (χ0v) is 12.3. The van der Waals surface area contributed by atoms with E-state index in [2.05, 4.69) is 29.6 Å². The molecule has 0 saturated carbocycles. The summed E-state index contributed by atoms with van der Waals surface area (Å²) in [5.74, 6) is 0.387. The quantitative estimate of drug-likeness (QED) is 0.896. The van der Waals surface area contributed by atoms with E-state index in [1.54, 1.807) is 0 Å². The van der Waals surface area contributed by atoms with Gasteiger partial charge in [-0.05, 0) is 49.8 Å². The Morgan fingerprint density at radius 3 is 2.90 bits per heavy atom. The molecule has 1 fully saturated rings. The number of likely N-dealkylation sites (N-methyl/N-ethyl adjacent to an activating group) is 1. The summed E-state index contributed by atoms with van der Waals surface area (Å²) in [4.78, 5) is 14.9. The first-order chi connectivity index (χ1) is 9.77. The van der Waals surface area contributed by atoms with E-state index in [0.29, 0.717) is 11.9 Å². The van der Waals surface area contributed by atoms with Crippen molar-refractivity contribution < 1.29 is 4.79 Å². The molecular weight excluding hydrogens is 248 g/mol. The van der Waals surface area contributed by atoms with Gasteiger partial charge < -0.3 is 10.2 Å². The highest BCUT2D eigenvalue weighted by Crippen LogP contribution is 2.33. The standard InChI is InChI=1S/C17H24N2O/c1-19(14-8-5-11-18-12-14)17(20)16-10-4-7-13-6-2-3-9-15(13)16/h2-3,6,9,14,16,18H,4-5,7-8,10-12H2,1H3. The van der Waals surface area contributed by atoms with Crippen LogP contribution in [0, 0.1) is 0 Å². The normalized spacial score (nSPS) is 25.9. The zero-order chi connectivity index (χ0) is 13.9. The van der Waals surface area contributed by atoms with Crippen molar-refractivity contribution in [2.45, 2.75) is 44.1 Å². The molecule has 0 radical (unpaired) electrons. The average molecular weight is 272 g/mol. The van der Waals surface area contributed by atoms with E-state index >= 15 is 0 Å². The van der Waals surface area contributed by atoms with Crippen LogP contribution in [0.25, 0.3) is 0 Å². The first-order valence-electron chi connectivity index (χ1n) is 7.82. The van der Waals surface area contributed by atoms with E-state index in [1.807, 2.05) is 11.9 Å². The Balaban J connectivity index is 1.77. The zero-order valence-electron chi connectivity index (χ0n) is 12.3. The number of carbonyl (C=O) groups is 1. The summed E-state index contributed by atoms with van der Waals surface area (Å²) in [6.45, 7) is 2.03. The fraction of sp³-hybridized carbons (Fsp3) is 0.588. The number of hydrogen-bond acceptors (Lipinski definition) is 2. The fourth-order valence-electron chi connectivity index (χ4n) is 3.60. The van der Waals surface area contributed by atoms with Crippen molar-refractivity contribution in [2.75, 3.05) is 20.1 Å². The molecule has 2 atom stereocenters. The SMILES string of the molecule is CN(C(=O)C1CCCc2ccccc21)C1CCCNC1. The summed E-state index contributed by atoms with van der Waals surface area (Å²) in [7, 11) is 1.98. The lowest BCUT2D eigenvalue weighted by Crippen LogP contribution is -2.48. The van der Waals surface area contributed by atoms with Gasteiger partial charge >= 0.3 is 0 Å². The maximum absolute atomic E-state index is 12.9. The van der Waals surface area contributed by atoms with E-state index in [-0.39, 0.29) is 5.92 Å². The number of amides is 1. The molecule has 20 heavy (non-hydrogen) atoms. The summed E-state index contributed by atoms with van der Waals surface area (Å²) in [6.07, 6.45) is 5.55. The Labute approximate surface area is 121 Å². The van der Waals surface area contributed by atoms with Gasteiger partial charge in [0, 0.05) is 19.6 Å². The van der Waals surface area contributed by atoms with Gasteiger partial charge in [0.25, 0.3) is 0 Å². The average Bonchev–Trinajstić information content (AvgIpc) is 2.54. The predicted octanol–water partition coefficient (Wildman–Crippen LogP) is 2.32. The van der Waals surface area contributed by atoms with Crippen molar-refractivity contribution >= 4 is 5.91 Å². The largest absolute Gasteiger partial charge is 0.341 e. The van der Waals surface area contributed by atoms with Gasteiger partial charge in [0.15, 0.2) is 0 Å². The molecule has 1 N–H and O–H groups in total. The van der Waals surface area contributed by atoms with E-state index in [0.717, 1.165) is 38.8 Å². The minimum absolute atomic E-state index is 0.0758. The van der Waals surface area contributed by atoms with E-state index in [1.165, 1.54) is 17.5 Å². The molecule has 2 aliphatic rings. The summed E-state index contributed by atoms with van der Waals surface area (Å²) >= 11 is 0. The van der Waals surface area contributed by atoms with E-state index < -0.39 is 0 Å². The predicted molar refractivity (Wildman–Crippen MR) is 80.8 cm³/mol. The Hall–Kier alpha value is -1.35. The third kappa shape index (κ3) is 2.59.